The highest BCUT2D eigenvalue weighted by molar-refractivity contribution is 5.53. The lowest BCUT2D eigenvalue weighted by molar-refractivity contribution is -0.386. The molecular formula is C14H19NO2. The summed E-state index contributed by atoms with van der Waals surface area (Å²) in [6, 6.07) is 5.51. The highest BCUT2D eigenvalue weighted by Gasteiger charge is 2.28. The third kappa shape index (κ3) is 2.73. The van der Waals surface area contributed by atoms with Crippen LogP contribution in [0.4, 0.5) is 5.69 Å². The number of benzene rings is 1. The lowest BCUT2D eigenvalue weighted by atomic mass is 9.83. The van der Waals surface area contributed by atoms with Gasteiger partial charge in [0.25, 0.3) is 5.69 Å². The normalized spacial score (nSPS) is 13.2. The van der Waals surface area contributed by atoms with Crippen LogP contribution in [0.3, 0.4) is 0 Å². The van der Waals surface area contributed by atoms with E-state index in [2.05, 4.69) is 6.58 Å². The minimum atomic E-state index is -0.282. The minimum Gasteiger partial charge on any atom is -0.258 e. The molecule has 3 nitrogen and oxygen atoms in total. The quantitative estimate of drug-likeness (QED) is 0.446. The van der Waals surface area contributed by atoms with E-state index in [4.69, 9.17) is 0 Å². The summed E-state index contributed by atoms with van der Waals surface area (Å²) < 4.78 is 0. The average molecular weight is 233 g/mol. The van der Waals surface area contributed by atoms with E-state index in [9.17, 15) is 10.1 Å². The van der Waals surface area contributed by atoms with E-state index in [0.717, 1.165) is 11.1 Å². The second-order valence-electron chi connectivity index (χ2n) is 5.27. The third-order valence-corrected chi connectivity index (χ3v) is 2.90. The number of rotatable bonds is 3. The first kappa shape index (κ1) is 13.4. The van der Waals surface area contributed by atoms with Crippen LogP contribution in [-0.2, 0) is 5.41 Å². The van der Waals surface area contributed by atoms with Gasteiger partial charge in [-0.15, -0.1) is 6.58 Å². The Kier molecular flexibility index (Phi) is 3.71. The van der Waals surface area contributed by atoms with E-state index in [0.29, 0.717) is 0 Å². The molecule has 0 bridgehead atoms. The predicted octanol–water partition coefficient (Wildman–Crippen LogP) is 4.18. The molecule has 0 saturated carbocycles. The van der Waals surface area contributed by atoms with Gasteiger partial charge in [0.1, 0.15) is 0 Å². The van der Waals surface area contributed by atoms with Crippen molar-refractivity contribution in [3.05, 3.63) is 52.1 Å². The molecule has 0 aliphatic heterocycles. The topological polar surface area (TPSA) is 43.1 Å². The van der Waals surface area contributed by atoms with Gasteiger partial charge in [0.2, 0.25) is 0 Å². The van der Waals surface area contributed by atoms with Gasteiger partial charge in [0.15, 0.2) is 0 Å². The number of para-hydroxylation sites is 1. The highest BCUT2D eigenvalue weighted by atomic mass is 16.6. The molecule has 17 heavy (non-hydrogen) atoms. The fourth-order valence-corrected chi connectivity index (χ4v) is 1.86. The van der Waals surface area contributed by atoms with Crippen LogP contribution in [0.25, 0.3) is 0 Å². The zero-order valence-electron chi connectivity index (χ0n) is 10.9. The Hall–Kier alpha value is -1.64. The number of nitro benzene ring substituents is 1. The first-order valence-electron chi connectivity index (χ1n) is 5.69. The van der Waals surface area contributed by atoms with Gasteiger partial charge in [0.05, 0.1) is 4.92 Å². The summed E-state index contributed by atoms with van der Waals surface area (Å²) >= 11 is 0. The van der Waals surface area contributed by atoms with Crippen molar-refractivity contribution in [2.24, 2.45) is 0 Å². The Balaban J connectivity index is 3.54. The van der Waals surface area contributed by atoms with Crippen molar-refractivity contribution in [1.29, 1.82) is 0 Å². The monoisotopic (exact) mass is 233 g/mol. The zero-order chi connectivity index (χ0) is 13.2. The molecule has 0 saturated heterocycles. The molecule has 0 aliphatic carbocycles. The van der Waals surface area contributed by atoms with Crippen molar-refractivity contribution in [3.8, 4) is 0 Å². The predicted molar refractivity (Wildman–Crippen MR) is 70.4 cm³/mol. The van der Waals surface area contributed by atoms with E-state index in [1.54, 1.807) is 12.1 Å². The molecule has 1 atom stereocenters. The Morgan fingerprint density at radius 2 is 2.00 bits per heavy atom. The second kappa shape index (κ2) is 4.70. The van der Waals surface area contributed by atoms with Crippen LogP contribution >= 0.6 is 0 Å². The van der Waals surface area contributed by atoms with Crippen molar-refractivity contribution in [2.75, 3.05) is 0 Å². The first-order valence-corrected chi connectivity index (χ1v) is 5.69. The molecule has 0 aliphatic rings. The van der Waals surface area contributed by atoms with Crippen LogP contribution in [-0.4, -0.2) is 4.92 Å². The van der Waals surface area contributed by atoms with Crippen LogP contribution in [0, 0.1) is 10.1 Å². The van der Waals surface area contributed by atoms with Gasteiger partial charge in [-0.2, -0.15) is 0 Å². The Morgan fingerprint density at radius 1 is 1.41 bits per heavy atom. The van der Waals surface area contributed by atoms with Crippen molar-refractivity contribution < 1.29 is 4.92 Å². The van der Waals surface area contributed by atoms with Crippen LogP contribution in [0.2, 0.25) is 0 Å². The molecule has 3 heteroatoms. The smallest absolute Gasteiger partial charge is 0.258 e. The molecule has 92 valence electrons. The van der Waals surface area contributed by atoms with Crippen molar-refractivity contribution >= 4 is 5.69 Å². The number of nitrogens with zero attached hydrogens (tertiary/aromatic N) is 1. The van der Waals surface area contributed by atoms with Crippen molar-refractivity contribution in [3.63, 3.8) is 0 Å². The highest BCUT2D eigenvalue weighted by Crippen LogP contribution is 2.37. The van der Waals surface area contributed by atoms with Gasteiger partial charge in [-0.25, -0.2) is 0 Å². The van der Waals surface area contributed by atoms with Crippen LogP contribution < -0.4 is 0 Å². The van der Waals surface area contributed by atoms with Gasteiger partial charge in [-0.3, -0.25) is 10.1 Å². The number of nitro groups is 1. The van der Waals surface area contributed by atoms with E-state index in [-0.39, 0.29) is 21.9 Å². The third-order valence-electron chi connectivity index (χ3n) is 2.90. The van der Waals surface area contributed by atoms with Crippen LogP contribution in [0.15, 0.2) is 30.9 Å². The fraction of sp³-hybridized carbons (Fsp3) is 0.429. The van der Waals surface area contributed by atoms with Crippen molar-refractivity contribution in [1.82, 2.24) is 0 Å². The number of hydrogen-bond acceptors (Lipinski definition) is 2. The molecule has 0 amide bonds. The van der Waals surface area contributed by atoms with E-state index in [1.807, 2.05) is 39.8 Å². The van der Waals surface area contributed by atoms with E-state index >= 15 is 0 Å². The molecule has 1 rings (SSSR count). The zero-order valence-corrected chi connectivity index (χ0v) is 10.9. The number of hydrogen-bond donors (Lipinski definition) is 0. The van der Waals surface area contributed by atoms with Crippen LogP contribution in [0.5, 0.6) is 0 Å². The minimum absolute atomic E-state index is 0.0160. The summed E-state index contributed by atoms with van der Waals surface area (Å²) in [7, 11) is 0. The average Bonchev–Trinajstić information content (AvgIpc) is 2.25. The molecule has 0 spiro atoms. The molecule has 0 radical (unpaired) electrons. The molecular weight excluding hydrogens is 214 g/mol. The Labute approximate surface area is 102 Å². The Morgan fingerprint density at radius 3 is 2.41 bits per heavy atom. The molecule has 1 aromatic carbocycles. The molecule has 0 heterocycles. The van der Waals surface area contributed by atoms with Gasteiger partial charge in [0, 0.05) is 17.0 Å². The molecule has 1 unspecified atom stereocenters. The van der Waals surface area contributed by atoms with Crippen molar-refractivity contribution in [2.45, 2.75) is 39.0 Å². The Bertz CT molecular complexity index is 444. The summed E-state index contributed by atoms with van der Waals surface area (Å²) in [4.78, 5) is 11.0. The van der Waals surface area contributed by atoms with Crippen LogP contribution in [0.1, 0.15) is 44.7 Å². The molecule has 0 fully saturated rings. The summed E-state index contributed by atoms with van der Waals surface area (Å²) in [5.74, 6) is -0.0160. The standard InChI is InChI=1S/C14H19NO2/c1-6-10(2)11-8-7-9-12(14(3,4)5)13(11)15(16)17/h6-10H,1H2,2-5H3. The summed E-state index contributed by atoms with van der Waals surface area (Å²) in [6.07, 6.45) is 1.73. The van der Waals surface area contributed by atoms with E-state index in [1.165, 1.54) is 0 Å². The largest absolute Gasteiger partial charge is 0.276 e. The maximum atomic E-state index is 11.3. The fourth-order valence-electron chi connectivity index (χ4n) is 1.86. The SMILES string of the molecule is C=CC(C)c1cccc(C(C)(C)C)c1[N+](=O)[O-]. The van der Waals surface area contributed by atoms with Gasteiger partial charge in [-0.1, -0.05) is 52.0 Å². The molecule has 0 aromatic heterocycles. The maximum Gasteiger partial charge on any atom is 0.276 e. The number of allylic oxidation sites excluding steroid dienone is 1. The van der Waals surface area contributed by atoms with E-state index < -0.39 is 0 Å². The van der Waals surface area contributed by atoms with Gasteiger partial charge < -0.3 is 0 Å². The first-order chi connectivity index (χ1) is 7.79. The second-order valence-corrected chi connectivity index (χ2v) is 5.27. The van der Waals surface area contributed by atoms with Gasteiger partial charge in [-0.05, 0) is 5.41 Å². The van der Waals surface area contributed by atoms with Gasteiger partial charge >= 0.3 is 0 Å². The lowest BCUT2D eigenvalue weighted by Gasteiger charge is -2.21. The summed E-state index contributed by atoms with van der Waals surface area (Å²) in [5, 5.41) is 11.3. The molecule has 0 N–H and O–H groups in total. The molecule has 1 aromatic rings. The summed E-state index contributed by atoms with van der Waals surface area (Å²) in [6.45, 7) is 11.6. The lowest BCUT2D eigenvalue weighted by Crippen LogP contribution is -2.15. The summed E-state index contributed by atoms with van der Waals surface area (Å²) in [5.41, 5.74) is 1.50. The maximum absolute atomic E-state index is 11.3.